The predicted molar refractivity (Wildman–Crippen MR) is 45.7 cm³/mol. The van der Waals surface area contributed by atoms with Crippen LogP contribution in [0.4, 0.5) is 0 Å². The molecule has 62 valence electrons. The first-order valence-electron chi connectivity index (χ1n) is 3.34. The normalized spacial score (nSPS) is 11.4. The lowest BCUT2D eigenvalue weighted by atomic mass is 9.93. The minimum atomic E-state index is -0.421. The molecule has 2 radical (unpaired) electrons. The van der Waals surface area contributed by atoms with Crippen LogP contribution < -0.4 is 0 Å². The fourth-order valence-electron chi connectivity index (χ4n) is 0.902. The standard InChI is InChI=1S/C7H14N4/c1-7(2,5-9-10-8)6-11(3)4/h1-2,5-6H2,3-4H3. The molecule has 11 heavy (non-hydrogen) atoms. The summed E-state index contributed by atoms with van der Waals surface area (Å²) in [6, 6.07) is 0. The van der Waals surface area contributed by atoms with Gasteiger partial charge in [-0.05, 0) is 38.9 Å². The van der Waals surface area contributed by atoms with Gasteiger partial charge < -0.3 is 4.90 Å². The van der Waals surface area contributed by atoms with Crippen LogP contribution in [0, 0.1) is 19.3 Å². The van der Waals surface area contributed by atoms with Crippen LogP contribution in [0.15, 0.2) is 5.11 Å². The van der Waals surface area contributed by atoms with Gasteiger partial charge in [0.2, 0.25) is 0 Å². The highest BCUT2D eigenvalue weighted by molar-refractivity contribution is 4.88. The molecule has 0 unspecified atom stereocenters. The molecular formula is C7H14N4. The van der Waals surface area contributed by atoms with E-state index in [9.17, 15) is 0 Å². The Morgan fingerprint density at radius 1 is 1.55 bits per heavy atom. The van der Waals surface area contributed by atoms with E-state index < -0.39 is 5.41 Å². The van der Waals surface area contributed by atoms with Crippen LogP contribution in [0.2, 0.25) is 0 Å². The number of rotatable bonds is 4. The van der Waals surface area contributed by atoms with E-state index in [0.717, 1.165) is 0 Å². The summed E-state index contributed by atoms with van der Waals surface area (Å²) in [7, 11) is 3.86. The molecule has 0 bridgehead atoms. The Hall–Kier alpha value is -0.730. The van der Waals surface area contributed by atoms with Gasteiger partial charge in [0, 0.05) is 18.0 Å². The maximum atomic E-state index is 8.05. The van der Waals surface area contributed by atoms with Crippen molar-refractivity contribution >= 4 is 0 Å². The van der Waals surface area contributed by atoms with Crippen LogP contribution in [0.5, 0.6) is 0 Å². The van der Waals surface area contributed by atoms with Crippen LogP contribution in [-0.4, -0.2) is 32.1 Å². The molecule has 0 heterocycles. The lowest BCUT2D eigenvalue weighted by Gasteiger charge is -2.25. The van der Waals surface area contributed by atoms with Crippen LogP contribution in [-0.2, 0) is 0 Å². The summed E-state index contributed by atoms with van der Waals surface area (Å²) < 4.78 is 0. The molecule has 0 saturated carbocycles. The fraction of sp³-hybridized carbons (Fsp3) is 0.714. The van der Waals surface area contributed by atoms with Crippen molar-refractivity contribution in [1.82, 2.24) is 4.90 Å². The third-order valence-corrected chi connectivity index (χ3v) is 1.12. The first kappa shape index (κ1) is 10.3. The van der Waals surface area contributed by atoms with Crippen molar-refractivity contribution < 1.29 is 0 Å². The van der Waals surface area contributed by atoms with Gasteiger partial charge >= 0.3 is 0 Å². The highest BCUT2D eigenvalue weighted by Gasteiger charge is 2.17. The van der Waals surface area contributed by atoms with Crippen molar-refractivity contribution in [2.75, 3.05) is 27.2 Å². The minimum Gasteiger partial charge on any atom is -0.309 e. The van der Waals surface area contributed by atoms with E-state index in [-0.39, 0.29) is 0 Å². The third kappa shape index (κ3) is 5.70. The Morgan fingerprint density at radius 3 is 2.45 bits per heavy atom. The molecule has 0 atom stereocenters. The van der Waals surface area contributed by atoms with Crippen molar-refractivity contribution in [3.63, 3.8) is 0 Å². The Labute approximate surface area is 67.8 Å². The van der Waals surface area contributed by atoms with E-state index in [1.165, 1.54) is 0 Å². The molecule has 0 aromatic heterocycles. The van der Waals surface area contributed by atoms with E-state index in [0.29, 0.717) is 13.1 Å². The van der Waals surface area contributed by atoms with Gasteiger partial charge in [0.1, 0.15) is 0 Å². The predicted octanol–water partition coefficient (Wildman–Crippen LogP) is 1.51. The van der Waals surface area contributed by atoms with E-state index in [4.69, 9.17) is 5.53 Å². The Kier molecular flexibility index (Phi) is 3.93. The Bertz CT molecular complexity index is 156. The fourth-order valence-corrected chi connectivity index (χ4v) is 0.902. The molecule has 0 rings (SSSR count). The summed E-state index contributed by atoms with van der Waals surface area (Å²) >= 11 is 0. The second kappa shape index (κ2) is 4.21. The van der Waals surface area contributed by atoms with Crippen molar-refractivity contribution in [3.8, 4) is 0 Å². The highest BCUT2D eigenvalue weighted by Crippen LogP contribution is 2.14. The average Bonchev–Trinajstić information content (AvgIpc) is 1.81. The van der Waals surface area contributed by atoms with E-state index in [2.05, 4.69) is 23.9 Å². The average molecular weight is 154 g/mol. The van der Waals surface area contributed by atoms with Gasteiger partial charge in [-0.15, -0.1) is 0 Å². The molecule has 4 nitrogen and oxygen atoms in total. The molecule has 0 fully saturated rings. The van der Waals surface area contributed by atoms with Crippen molar-refractivity contribution in [2.24, 2.45) is 10.5 Å². The molecule has 0 saturated heterocycles. The topological polar surface area (TPSA) is 52.0 Å². The van der Waals surface area contributed by atoms with Crippen LogP contribution in [0.25, 0.3) is 10.4 Å². The molecule has 0 amide bonds. The Morgan fingerprint density at radius 2 is 2.09 bits per heavy atom. The molecule has 0 spiro atoms. The summed E-state index contributed by atoms with van der Waals surface area (Å²) in [5.41, 5.74) is 7.63. The van der Waals surface area contributed by atoms with Gasteiger partial charge in [-0.25, -0.2) is 0 Å². The molecule has 0 aliphatic carbocycles. The number of hydrogen-bond acceptors (Lipinski definition) is 2. The van der Waals surface area contributed by atoms with Crippen LogP contribution in [0.3, 0.4) is 0 Å². The molecule has 0 aliphatic rings. The lowest BCUT2D eigenvalue weighted by Crippen LogP contribution is -2.31. The van der Waals surface area contributed by atoms with Gasteiger partial charge in [0.25, 0.3) is 0 Å². The van der Waals surface area contributed by atoms with E-state index in [1.54, 1.807) is 0 Å². The quantitative estimate of drug-likeness (QED) is 0.344. The molecular weight excluding hydrogens is 140 g/mol. The van der Waals surface area contributed by atoms with Crippen molar-refractivity contribution in [1.29, 1.82) is 0 Å². The summed E-state index contributed by atoms with van der Waals surface area (Å²) in [6.45, 7) is 8.71. The second-order valence-corrected chi connectivity index (χ2v) is 3.13. The summed E-state index contributed by atoms with van der Waals surface area (Å²) in [6.07, 6.45) is 0. The second-order valence-electron chi connectivity index (χ2n) is 3.13. The molecule has 0 N–H and O–H groups in total. The zero-order valence-corrected chi connectivity index (χ0v) is 7.12. The monoisotopic (exact) mass is 154 g/mol. The summed E-state index contributed by atoms with van der Waals surface area (Å²) in [5.74, 6) is 0. The van der Waals surface area contributed by atoms with E-state index in [1.807, 2.05) is 19.0 Å². The number of nitrogens with zero attached hydrogens (tertiary/aromatic N) is 4. The first-order valence-corrected chi connectivity index (χ1v) is 3.34. The van der Waals surface area contributed by atoms with Gasteiger partial charge in [0.05, 0.1) is 0 Å². The summed E-state index contributed by atoms with van der Waals surface area (Å²) in [5, 5.41) is 3.43. The molecule has 0 aromatic rings. The smallest absolute Gasteiger partial charge is 0.0326 e. The maximum absolute atomic E-state index is 8.05. The van der Waals surface area contributed by atoms with Crippen molar-refractivity contribution in [2.45, 2.75) is 0 Å². The third-order valence-electron chi connectivity index (χ3n) is 1.12. The largest absolute Gasteiger partial charge is 0.309 e. The minimum absolute atomic E-state index is 0.335. The molecule has 0 aliphatic heterocycles. The van der Waals surface area contributed by atoms with Gasteiger partial charge in [0.15, 0.2) is 0 Å². The van der Waals surface area contributed by atoms with Gasteiger partial charge in [-0.1, -0.05) is 5.11 Å². The van der Waals surface area contributed by atoms with Crippen LogP contribution in [0.1, 0.15) is 0 Å². The maximum Gasteiger partial charge on any atom is 0.0326 e. The number of hydrogen-bond donors (Lipinski definition) is 0. The van der Waals surface area contributed by atoms with Crippen LogP contribution >= 0.6 is 0 Å². The van der Waals surface area contributed by atoms with E-state index >= 15 is 0 Å². The number of azide groups is 1. The molecule has 4 heteroatoms. The highest BCUT2D eigenvalue weighted by atomic mass is 15.1. The zero-order chi connectivity index (χ0) is 8.91. The molecule has 0 aromatic carbocycles. The lowest BCUT2D eigenvalue weighted by molar-refractivity contribution is 0.302. The zero-order valence-electron chi connectivity index (χ0n) is 7.12. The van der Waals surface area contributed by atoms with Gasteiger partial charge in [-0.3, -0.25) is 0 Å². The first-order chi connectivity index (χ1) is 4.98. The Balaban J connectivity index is 3.88. The van der Waals surface area contributed by atoms with Gasteiger partial charge in [-0.2, -0.15) is 0 Å². The SMILES string of the molecule is [CH2]C([CH2])(CN=[N+]=[N-])CN(C)C. The van der Waals surface area contributed by atoms with Crippen molar-refractivity contribution in [3.05, 3.63) is 24.3 Å². The summed E-state index contributed by atoms with van der Waals surface area (Å²) in [4.78, 5) is 4.62.